The first kappa shape index (κ1) is 12.5. The zero-order valence-corrected chi connectivity index (χ0v) is 10.8. The fraction of sp³-hybridized carbons (Fsp3) is 0.250. The van der Waals surface area contributed by atoms with Crippen LogP contribution in [0.15, 0.2) is 30.3 Å². The van der Waals surface area contributed by atoms with Gasteiger partial charge in [-0.25, -0.2) is 0 Å². The molecule has 0 saturated heterocycles. The van der Waals surface area contributed by atoms with E-state index in [4.69, 9.17) is 4.52 Å². The van der Waals surface area contributed by atoms with Gasteiger partial charge in [-0.15, -0.1) is 0 Å². The molecule has 0 fully saturated rings. The van der Waals surface area contributed by atoms with Crippen molar-refractivity contribution in [3.05, 3.63) is 30.3 Å². The summed E-state index contributed by atoms with van der Waals surface area (Å²) in [4.78, 5) is 0. The molecule has 0 saturated carbocycles. The second kappa shape index (κ2) is 6.97. The molecule has 1 radical (unpaired) electrons. The topological polar surface area (TPSA) is 26.3 Å². The van der Waals surface area contributed by atoms with Crippen LogP contribution in [0.5, 0.6) is 0 Å². The standard InChI is InChI=1S/C8H11O2P.Y/c1-2-10-11(9)8-6-4-3-5-7-8;/h3-7,11H,2H2,1H3;. The van der Waals surface area contributed by atoms with E-state index in [1.165, 1.54) is 0 Å². The van der Waals surface area contributed by atoms with E-state index in [0.29, 0.717) is 6.61 Å². The molecule has 0 aliphatic heterocycles. The number of hydrogen-bond acceptors (Lipinski definition) is 2. The Morgan fingerprint density at radius 2 is 1.92 bits per heavy atom. The largest absolute Gasteiger partial charge is 0.328 e. The normalized spacial score (nSPS) is 11.8. The second-order valence-corrected chi connectivity index (χ2v) is 3.53. The van der Waals surface area contributed by atoms with E-state index in [0.717, 1.165) is 5.30 Å². The van der Waals surface area contributed by atoms with Gasteiger partial charge in [-0.3, -0.25) is 4.57 Å². The summed E-state index contributed by atoms with van der Waals surface area (Å²) >= 11 is 0. The Labute approximate surface area is 98.4 Å². The molecule has 0 amide bonds. The van der Waals surface area contributed by atoms with Gasteiger partial charge < -0.3 is 4.52 Å². The SMILES string of the molecule is CCO[PH](=O)c1ccccc1.[Y]. The van der Waals surface area contributed by atoms with Crippen LogP contribution in [0.4, 0.5) is 0 Å². The Balaban J connectivity index is 0.00000121. The molecule has 63 valence electrons. The molecule has 1 rings (SSSR count). The fourth-order valence-corrected chi connectivity index (χ4v) is 1.68. The monoisotopic (exact) mass is 259 g/mol. The van der Waals surface area contributed by atoms with E-state index in [-0.39, 0.29) is 32.7 Å². The van der Waals surface area contributed by atoms with Crippen molar-refractivity contribution in [3.63, 3.8) is 0 Å². The van der Waals surface area contributed by atoms with Crippen molar-refractivity contribution >= 4 is 13.3 Å². The van der Waals surface area contributed by atoms with Crippen molar-refractivity contribution in [2.45, 2.75) is 6.92 Å². The molecule has 1 unspecified atom stereocenters. The molecule has 0 spiro atoms. The maximum atomic E-state index is 11.2. The zero-order chi connectivity index (χ0) is 8.10. The van der Waals surface area contributed by atoms with Crippen molar-refractivity contribution < 1.29 is 41.8 Å². The predicted octanol–water partition coefficient (Wildman–Crippen LogP) is 1.82. The number of benzene rings is 1. The van der Waals surface area contributed by atoms with Gasteiger partial charge in [0.15, 0.2) is 0 Å². The summed E-state index contributed by atoms with van der Waals surface area (Å²) < 4.78 is 16.2. The van der Waals surface area contributed by atoms with Gasteiger partial charge in [0, 0.05) is 38.0 Å². The summed E-state index contributed by atoms with van der Waals surface area (Å²) in [5.41, 5.74) is 0. The van der Waals surface area contributed by atoms with Gasteiger partial charge >= 0.3 is 0 Å². The van der Waals surface area contributed by atoms with Crippen LogP contribution < -0.4 is 5.30 Å². The molecular weight excluding hydrogens is 248 g/mol. The van der Waals surface area contributed by atoms with Gasteiger partial charge in [-0.2, -0.15) is 0 Å². The molecule has 0 heterocycles. The van der Waals surface area contributed by atoms with Crippen LogP contribution >= 0.6 is 8.03 Å². The van der Waals surface area contributed by atoms with E-state index < -0.39 is 8.03 Å². The zero-order valence-electron chi connectivity index (χ0n) is 6.99. The number of rotatable bonds is 3. The van der Waals surface area contributed by atoms with E-state index in [1.54, 1.807) is 0 Å². The molecule has 1 aromatic carbocycles. The molecule has 1 atom stereocenters. The van der Waals surface area contributed by atoms with E-state index in [2.05, 4.69) is 0 Å². The third-order valence-corrected chi connectivity index (χ3v) is 2.64. The van der Waals surface area contributed by atoms with Crippen LogP contribution in [0.3, 0.4) is 0 Å². The fourth-order valence-electron chi connectivity index (χ4n) is 0.789. The molecule has 0 bridgehead atoms. The molecule has 0 aliphatic rings. The quantitative estimate of drug-likeness (QED) is 0.774. The van der Waals surface area contributed by atoms with Crippen molar-refractivity contribution in [2.24, 2.45) is 0 Å². The molecular formula is C8H11O2PY. The average Bonchev–Trinajstić information content (AvgIpc) is 2.07. The maximum absolute atomic E-state index is 11.2. The maximum Gasteiger partial charge on any atom is 0.220 e. The Morgan fingerprint density at radius 3 is 2.42 bits per heavy atom. The van der Waals surface area contributed by atoms with Crippen LogP contribution in [-0.2, 0) is 41.8 Å². The molecule has 2 nitrogen and oxygen atoms in total. The predicted molar refractivity (Wildman–Crippen MR) is 46.7 cm³/mol. The summed E-state index contributed by atoms with van der Waals surface area (Å²) in [5, 5.41) is 0.791. The molecule has 0 N–H and O–H groups in total. The molecule has 0 aromatic heterocycles. The Bertz CT molecular complexity index is 238. The van der Waals surface area contributed by atoms with Crippen LogP contribution in [0.2, 0.25) is 0 Å². The third kappa shape index (κ3) is 3.95. The first-order valence-electron chi connectivity index (χ1n) is 3.56. The van der Waals surface area contributed by atoms with Crippen LogP contribution in [-0.4, -0.2) is 6.61 Å². The van der Waals surface area contributed by atoms with E-state index in [1.807, 2.05) is 37.3 Å². The van der Waals surface area contributed by atoms with Crippen LogP contribution in [0, 0.1) is 0 Å². The minimum absolute atomic E-state index is 0. The Morgan fingerprint density at radius 1 is 1.33 bits per heavy atom. The van der Waals surface area contributed by atoms with Crippen molar-refractivity contribution in [3.8, 4) is 0 Å². The molecule has 12 heavy (non-hydrogen) atoms. The summed E-state index contributed by atoms with van der Waals surface area (Å²) in [5.74, 6) is 0. The van der Waals surface area contributed by atoms with Gasteiger partial charge in [0.1, 0.15) is 0 Å². The summed E-state index contributed by atoms with van der Waals surface area (Å²) in [7, 11) is -1.97. The second-order valence-electron chi connectivity index (χ2n) is 2.09. The Hall–Kier alpha value is 0.514. The van der Waals surface area contributed by atoms with Crippen molar-refractivity contribution in [1.82, 2.24) is 0 Å². The van der Waals surface area contributed by atoms with Gasteiger partial charge in [-0.1, -0.05) is 18.2 Å². The number of hydrogen-bond donors (Lipinski definition) is 0. The van der Waals surface area contributed by atoms with E-state index >= 15 is 0 Å². The summed E-state index contributed by atoms with van der Waals surface area (Å²) in [6, 6.07) is 9.24. The average molecular weight is 259 g/mol. The van der Waals surface area contributed by atoms with Gasteiger partial charge in [0.25, 0.3) is 0 Å². The third-order valence-electron chi connectivity index (χ3n) is 1.28. The van der Waals surface area contributed by atoms with Crippen molar-refractivity contribution in [1.29, 1.82) is 0 Å². The van der Waals surface area contributed by atoms with Crippen LogP contribution in [0.1, 0.15) is 6.92 Å². The molecule has 4 heteroatoms. The van der Waals surface area contributed by atoms with Gasteiger partial charge in [0.2, 0.25) is 8.03 Å². The minimum atomic E-state index is -1.97. The molecule has 0 aliphatic carbocycles. The smallest absolute Gasteiger partial charge is 0.220 e. The van der Waals surface area contributed by atoms with Crippen molar-refractivity contribution in [2.75, 3.05) is 6.61 Å². The summed E-state index contributed by atoms with van der Waals surface area (Å²) in [6.07, 6.45) is 0. The van der Waals surface area contributed by atoms with Gasteiger partial charge in [-0.05, 0) is 19.1 Å². The summed E-state index contributed by atoms with van der Waals surface area (Å²) in [6.45, 7) is 2.35. The first-order valence-corrected chi connectivity index (χ1v) is 4.88. The minimum Gasteiger partial charge on any atom is -0.328 e. The van der Waals surface area contributed by atoms with Crippen LogP contribution in [0.25, 0.3) is 0 Å². The molecule has 1 aromatic rings. The first-order chi connectivity index (χ1) is 5.34. The van der Waals surface area contributed by atoms with Gasteiger partial charge in [0.05, 0.1) is 6.61 Å². The van der Waals surface area contributed by atoms with E-state index in [9.17, 15) is 4.57 Å². The Kier molecular flexibility index (Phi) is 7.27.